The van der Waals surface area contributed by atoms with Crippen molar-refractivity contribution >= 4 is 11.7 Å². The summed E-state index contributed by atoms with van der Waals surface area (Å²) in [5.41, 5.74) is 0. The smallest absolute Gasteiger partial charge is 0.248 e. The number of para-hydroxylation sites is 2. The highest BCUT2D eigenvalue weighted by Crippen LogP contribution is 2.30. The molecule has 2 aliphatic heterocycles. The fourth-order valence-electron chi connectivity index (χ4n) is 3.45. The lowest BCUT2D eigenvalue weighted by Crippen LogP contribution is -2.39. The minimum atomic E-state index is -0.202. The van der Waals surface area contributed by atoms with Crippen LogP contribution in [0.3, 0.4) is 0 Å². The van der Waals surface area contributed by atoms with Crippen LogP contribution >= 0.6 is 0 Å². The first-order chi connectivity index (χ1) is 13.8. The number of nitrogens with zero attached hydrogens (tertiary/aromatic N) is 3. The van der Waals surface area contributed by atoms with E-state index in [0.717, 1.165) is 43.4 Å². The normalized spacial score (nSPS) is 19.2. The molecule has 0 N–H and O–H groups in total. The molecule has 1 fully saturated rings. The van der Waals surface area contributed by atoms with Gasteiger partial charge < -0.3 is 24.0 Å². The summed E-state index contributed by atoms with van der Waals surface area (Å²) in [6.45, 7) is 3.90. The van der Waals surface area contributed by atoms with Gasteiger partial charge in [0.1, 0.15) is 19.0 Å². The second kappa shape index (κ2) is 8.93. The third-order valence-electron chi connectivity index (χ3n) is 4.92. The standard InChI is InChI=1S/C21H25N3O4/c25-21(16-26-14-17-15-27-18-6-1-2-7-19(18)28-17)24-11-5-10-23(12-13-24)20-8-3-4-9-22-20/h1-4,6-9,17H,5,10-16H2/t17-/m0/s1. The van der Waals surface area contributed by atoms with Crippen LogP contribution < -0.4 is 14.4 Å². The molecule has 0 saturated carbocycles. The number of ether oxygens (including phenoxy) is 3. The summed E-state index contributed by atoms with van der Waals surface area (Å²) in [5.74, 6) is 2.44. The van der Waals surface area contributed by atoms with Crippen LogP contribution in [0, 0.1) is 0 Å². The van der Waals surface area contributed by atoms with E-state index in [0.29, 0.717) is 19.8 Å². The summed E-state index contributed by atoms with van der Waals surface area (Å²) < 4.78 is 17.2. The summed E-state index contributed by atoms with van der Waals surface area (Å²) in [7, 11) is 0. The molecule has 7 heteroatoms. The van der Waals surface area contributed by atoms with Crippen LogP contribution in [-0.2, 0) is 9.53 Å². The number of benzene rings is 1. The fourth-order valence-corrected chi connectivity index (χ4v) is 3.45. The molecule has 1 amide bonds. The second-order valence-electron chi connectivity index (χ2n) is 6.92. The fraction of sp³-hybridized carbons (Fsp3) is 0.429. The van der Waals surface area contributed by atoms with E-state index in [2.05, 4.69) is 9.88 Å². The lowest BCUT2D eigenvalue weighted by molar-refractivity contribution is -0.137. The summed E-state index contributed by atoms with van der Waals surface area (Å²) in [6, 6.07) is 13.5. The van der Waals surface area contributed by atoms with E-state index in [1.54, 1.807) is 6.20 Å². The van der Waals surface area contributed by atoms with E-state index in [9.17, 15) is 4.79 Å². The van der Waals surface area contributed by atoms with Gasteiger partial charge in [-0.2, -0.15) is 0 Å². The summed E-state index contributed by atoms with van der Waals surface area (Å²) in [5, 5.41) is 0. The number of amides is 1. The SMILES string of the molecule is O=C(COC[C@H]1COc2ccccc2O1)N1CCCN(c2ccccn2)CC1. The highest BCUT2D eigenvalue weighted by Gasteiger charge is 2.23. The van der Waals surface area contributed by atoms with Crippen molar-refractivity contribution < 1.29 is 19.0 Å². The Bertz CT molecular complexity index is 786. The van der Waals surface area contributed by atoms with Gasteiger partial charge in [-0.15, -0.1) is 0 Å². The predicted molar refractivity (Wildman–Crippen MR) is 105 cm³/mol. The molecule has 0 spiro atoms. The van der Waals surface area contributed by atoms with Crippen molar-refractivity contribution in [2.45, 2.75) is 12.5 Å². The Balaban J connectivity index is 1.21. The topological polar surface area (TPSA) is 64.1 Å². The summed E-state index contributed by atoms with van der Waals surface area (Å²) in [6.07, 6.45) is 2.51. The van der Waals surface area contributed by atoms with E-state index in [4.69, 9.17) is 14.2 Å². The highest BCUT2D eigenvalue weighted by molar-refractivity contribution is 5.77. The van der Waals surface area contributed by atoms with Gasteiger partial charge in [-0.3, -0.25) is 4.79 Å². The van der Waals surface area contributed by atoms with Gasteiger partial charge in [-0.1, -0.05) is 18.2 Å². The van der Waals surface area contributed by atoms with E-state index in [1.165, 1.54) is 0 Å². The maximum atomic E-state index is 12.5. The van der Waals surface area contributed by atoms with Crippen molar-refractivity contribution in [3.63, 3.8) is 0 Å². The van der Waals surface area contributed by atoms with Crippen molar-refractivity contribution in [1.29, 1.82) is 0 Å². The molecule has 1 atom stereocenters. The number of pyridine rings is 1. The van der Waals surface area contributed by atoms with Gasteiger partial charge >= 0.3 is 0 Å². The second-order valence-corrected chi connectivity index (χ2v) is 6.92. The predicted octanol–water partition coefficient (Wildman–Crippen LogP) is 1.98. The number of anilines is 1. The zero-order valence-corrected chi connectivity index (χ0v) is 15.8. The molecule has 1 aromatic heterocycles. The lowest BCUT2D eigenvalue weighted by atomic mass is 10.3. The monoisotopic (exact) mass is 383 g/mol. The number of fused-ring (bicyclic) bond motifs is 1. The van der Waals surface area contributed by atoms with Gasteiger partial charge in [0.25, 0.3) is 0 Å². The molecule has 0 radical (unpaired) electrons. The first-order valence-corrected chi connectivity index (χ1v) is 9.69. The van der Waals surface area contributed by atoms with Crippen LogP contribution in [0.2, 0.25) is 0 Å². The number of aromatic nitrogens is 1. The zero-order valence-electron chi connectivity index (χ0n) is 15.8. The molecule has 7 nitrogen and oxygen atoms in total. The Morgan fingerprint density at radius 2 is 1.93 bits per heavy atom. The molecule has 3 heterocycles. The number of hydrogen-bond acceptors (Lipinski definition) is 6. The Labute approximate surface area is 164 Å². The van der Waals surface area contributed by atoms with Gasteiger partial charge in [-0.25, -0.2) is 4.98 Å². The van der Waals surface area contributed by atoms with Crippen molar-refractivity contribution in [1.82, 2.24) is 9.88 Å². The van der Waals surface area contributed by atoms with Crippen LogP contribution in [0.25, 0.3) is 0 Å². The minimum absolute atomic E-state index is 0.0139. The molecular formula is C21H25N3O4. The van der Waals surface area contributed by atoms with Gasteiger partial charge in [0, 0.05) is 32.4 Å². The molecule has 0 unspecified atom stereocenters. The first kappa shape index (κ1) is 18.6. The van der Waals surface area contributed by atoms with Gasteiger partial charge in [-0.05, 0) is 30.7 Å². The Morgan fingerprint density at radius 3 is 2.79 bits per heavy atom. The van der Waals surface area contributed by atoms with Crippen molar-refractivity contribution in [3.8, 4) is 11.5 Å². The lowest BCUT2D eigenvalue weighted by Gasteiger charge is -2.26. The maximum Gasteiger partial charge on any atom is 0.248 e. The number of rotatable bonds is 5. The summed E-state index contributed by atoms with van der Waals surface area (Å²) >= 11 is 0. The van der Waals surface area contributed by atoms with Crippen molar-refractivity contribution in [2.24, 2.45) is 0 Å². The van der Waals surface area contributed by atoms with E-state index >= 15 is 0 Å². The van der Waals surface area contributed by atoms with Crippen LogP contribution in [0.4, 0.5) is 5.82 Å². The Hall–Kier alpha value is -2.80. The van der Waals surface area contributed by atoms with E-state index in [-0.39, 0.29) is 18.6 Å². The molecule has 28 heavy (non-hydrogen) atoms. The number of carbonyl (C=O) groups excluding carboxylic acids is 1. The summed E-state index contributed by atoms with van der Waals surface area (Å²) in [4.78, 5) is 21.0. The Kier molecular flexibility index (Phi) is 5.92. The average molecular weight is 383 g/mol. The molecule has 148 valence electrons. The van der Waals surface area contributed by atoms with Crippen LogP contribution in [0.5, 0.6) is 11.5 Å². The average Bonchev–Trinajstić information content (AvgIpc) is 3.01. The van der Waals surface area contributed by atoms with Gasteiger partial charge in [0.05, 0.1) is 6.61 Å². The Morgan fingerprint density at radius 1 is 1.07 bits per heavy atom. The molecule has 2 aromatic rings. The van der Waals surface area contributed by atoms with Crippen LogP contribution in [0.15, 0.2) is 48.7 Å². The maximum absolute atomic E-state index is 12.5. The third kappa shape index (κ3) is 4.54. The number of hydrogen-bond donors (Lipinski definition) is 0. The highest BCUT2D eigenvalue weighted by atomic mass is 16.6. The molecule has 0 bridgehead atoms. The van der Waals surface area contributed by atoms with E-state index < -0.39 is 0 Å². The zero-order chi connectivity index (χ0) is 19.2. The van der Waals surface area contributed by atoms with E-state index in [1.807, 2.05) is 47.4 Å². The molecule has 1 aromatic carbocycles. The largest absolute Gasteiger partial charge is 0.486 e. The van der Waals surface area contributed by atoms with Crippen LogP contribution in [-0.4, -0.2) is 67.9 Å². The first-order valence-electron chi connectivity index (χ1n) is 9.69. The molecule has 4 rings (SSSR count). The van der Waals surface area contributed by atoms with Crippen molar-refractivity contribution in [2.75, 3.05) is 50.9 Å². The van der Waals surface area contributed by atoms with Gasteiger partial charge in [0.2, 0.25) is 5.91 Å². The van der Waals surface area contributed by atoms with Crippen LogP contribution in [0.1, 0.15) is 6.42 Å². The molecule has 2 aliphatic rings. The quantitative estimate of drug-likeness (QED) is 0.787. The number of carbonyl (C=O) groups is 1. The van der Waals surface area contributed by atoms with Crippen molar-refractivity contribution in [3.05, 3.63) is 48.7 Å². The third-order valence-corrected chi connectivity index (χ3v) is 4.92. The minimum Gasteiger partial charge on any atom is -0.486 e. The molecule has 1 saturated heterocycles. The molecule has 0 aliphatic carbocycles. The van der Waals surface area contributed by atoms with Gasteiger partial charge in [0.15, 0.2) is 17.6 Å². The molecular weight excluding hydrogens is 358 g/mol.